The molecule has 7 N–H and O–H groups in total. The van der Waals surface area contributed by atoms with Crippen LogP contribution in [0.3, 0.4) is 0 Å². The zero-order valence-electron chi connectivity index (χ0n) is 13.0. The van der Waals surface area contributed by atoms with Crippen molar-refractivity contribution in [3.63, 3.8) is 0 Å². The zero-order chi connectivity index (χ0) is 16.5. The summed E-state index contributed by atoms with van der Waals surface area (Å²) in [4.78, 5) is 0. The zero-order valence-corrected chi connectivity index (χ0v) is 13.7. The van der Waals surface area contributed by atoms with Gasteiger partial charge in [0, 0.05) is 5.02 Å². The smallest absolute Gasteiger partial charge is 0.209 e. The first-order valence-corrected chi connectivity index (χ1v) is 7.80. The maximum absolute atomic E-state index is 7.56. The lowest BCUT2D eigenvalue weighted by Gasteiger charge is -2.19. The van der Waals surface area contributed by atoms with Crippen molar-refractivity contribution < 1.29 is 0 Å². The molecule has 22 heavy (non-hydrogen) atoms. The summed E-state index contributed by atoms with van der Waals surface area (Å²) in [5, 5.41) is 13.4. The quantitative estimate of drug-likeness (QED) is 0.254. The molecule has 0 saturated heterocycles. The minimum Gasteiger partial charge on any atom is -0.369 e. The predicted molar refractivity (Wildman–Crippen MR) is 92.6 cm³/mol. The molecule has 0 heterocycles. The van der Waals surface area contributed by atoms with Crippen LogP contribution < -0.4 is 17.2 Å². The summed E-state index contributed by atoms with van der Waals surface area (Å²) in [7, 11) is 0. The minimum absolute atomic E-state index is 0.131. The second-order valence-corrected chi connectivity index (χ2v) is 5.63. The average Bonchev–Trinajstić information content (AvgIpc) is 2.44. The van der Waals surface area contributed by atoms with Gasteiger partial charge in [0.05, 0.1) is 6.54 Å². The number of hydrogen-bond acceptors (Lipinski definition) is 2. The molecule has 0 bridgehead atoms. The Bertz CT molecular complexity index is 525. The summed E-state index contributed by atoms with van der Waals surface area (Å²) in [5.74, 6) is -0.339. The van der Waals surface area contributed by atoms with Crippen LogP contribution in [0.4, 0.5) is 0 Å². The van der Waals surface area contributed by atoms with Crippen LogP contribution in [0.1, 0.15) is 43.7 Å². The molecule has 0 fully saturated rings. The van der Waals surface area contributed by atoms with E-state index in [-0.39, 0.29) is 11.9 Å². The number of benzene rings is 1. The van der Waals surface area contributed by atoms with Gasteiger partial charge < -0.3 is 17.2 Å². The van der Waals surface area contributed by atoms with E-state index < -0.39 is 0 Å². The fourth-order valence-electron chi connectivity index (χ4n) is 2.20. The molecule has 0 unspecified atom stereocenters. The molecular weight excluding hydrogens is 300 g/mol. The summed E-state index contributed by atoms with van der Waals surface area (Å²) >= 11 is 6.09. The number of guanidine groups is 2. The second kappa shape index (κ2) is 9.15. The molecule has 0 aromatic heterocycles. The van der Waals surface area contributed by atoms with Crippen molar-refractivity contribution in [1.82, 2.24) is 5.01 Å². The van der Waals surface area contributed by atoms with E-state index in [9.17, 15) is 0 Å². The summed E-state index contributed by atoms with van der Waals surface area (Å²) in [5.41, 5.74) is 18.4. The summed E-state index contributed by atoms with van der Waals surface area (Å²) in [6.45, 7) is 2.53. The van der Waals surface area contributed by atoms with Crippen LogP contribution >= 0.6 is 11.6 Å². The highest BCUT2D eigenvalue weighted by Gasteiger charge is 2.11. The SMILES string of the molecule is CCCCCCc1cc(Cl)ccc1CN(N=C(N)N)C(=N)N. The van der Waals surface area contributed by atoms with Gasteiger partial charge in [0.25, 0.3) is 0 Å². The highest BCUT2D eigenvalue weighted by molar-refractivity contribution is 6.30. The molecule has 0 radical (unpaired) electrons. The molecule has 0 aliphatic carbocycles. The molecule has 6 nitrogen and oxygen atoms in total. The Morgan fingerprint density at radius 3 is 2.50 bits per heavy atom. The van der Waals surface area contributed by atoms with Crippen molar-refractivity contribution in [2.24, 2.45) is 22.3 Å². The van der Waals surface area contributed by atoms with Crippen LogP contribution in [0.25, 0.3) is 0 Å². The standard InChI is InChI=1S/C15H25ClN6/c1-2-3-4-5-6-11-9-13(16)8-7-12(11)10-22(15(19)20)21-14(17)18/h7-9H,2-6,10H2,1H3,(H3,19,20)(H4,17,18,21). The highest BCUT2D eigenvalue weighted by atomic mass is 35.5. The van der Waals surface area contributed by atoms with Crippen LogP contribution in [0.2, 0.25) is 5.02 Å². The van der Waals surface area contributed by atoms with Gasteiger partial charge in [-0.2, -0.15) is 0 Å². The molecule has 1 rings (SSSR count). The van der Waals surface area contributed by atoms with Crippen molar-refractivity contribution in [2.45, 2.75) is 45.6 Å². The molecule has 0 aliphatic rings. The van der Waals surface area contributed by atoms with Crippen LogP contribution in [-0.4, -0.2) is 16.9 Å². The number of nitrogens with zero attached hydrogens (tertiary/aromatic N) is 2. The first-order chi connectivity index (χ1) is 10.4. The van der Waals surface area contributed by atoms with E-state index >= 15 is 0 Å². The Hall–Kier alpha value is -1.95. The third-order valence-corrected chi connectivity index (χ3v) is 3.54. The Kier molecular flexibility index (Phi) is 7.52. The Morgan fingerprint density at radius 1 is 1.18 bits per heavy atom. The van der Waals surface area contributed by atoms with Gasteiger partial charge >= 0.3 is 0 Å². The van der Waals surface area contributed by atoms with E-state index in [1.807, 2.05) is 18.2 Å². The first-order valence-electron chi connectivity index (χ1n) is 7.42. The van der Waals surface area contributed by atoms with E-state index in [2.05, 4.69) is 12.0 Å². The number of hydrogen-bond donors (Lipinski definition) is 4. The van der Waals surface area contributed by atoms with Gasteiger partial charge in [-0.3, -0.25) is 5.41 Å². The van der Waals surface area contributed by atoms with Gasteiger partial charge in [0.2, 0.25) is 11.9 Å². The average molecular weight is 325 g/mol. The third-order valence-electron chi connectivity index (χ3n) is 3.30. The normalized spacial score (nSPS) is 10.3. The number of aryl methyl sites for hydroxylation is 1. The lowest BCUT2D eigenvalue weighted by Crippen LogP contribution is -2.36. The van der Waals surface area contributed by atoms with Crippen molar-refractivity contribution in [3.05, 3.63) is 34.3 Å². The highest BCUT2D eigenvalue weighted by Crippen LogP contribution is 2.20. The third kappa shape index (κ3) is 6.22. The van der Waals surface area contributed by atoms with E-state index in [4.69, 9.17) is 34.2 Å². The Morgan fingerprint density at radius 2 is 1.91 bits per heavy atom. The summed E-state index contributed by atoms with van der Waals surface area (Å²) in [6.07, 6.45) is 5.65. The van der Waals surface area contributed by atoms with Crippen molar-refractivity contribution in [3.8, 4) is 0 Å². The first kappa shape index (κ1) is 18.1. The van der Waals surface area contributed by atoms with Crippen molar-refractivity contribution >= 4 is 23.5 Å². The number of hydrazone groups is 1. The van der Waals surface area contributed by atoms with Crippen molar-refractivity contribution in [2.75, 3.05) is 0 Å². The molecule has 1 aromatic carbocycles. The maximum Gasteiger partial charge on any atom is 0.209 e. The van der Waals surface area contributed by atoms with Crippen LogP contribution in [-0.2, 0) is 13.0 Å². The molecular formula is C15H25ClN6. The predicted octanol–water partition coefficient (Wildman–Crippen LogP) is 2.35. The number of halogens is 1. The number of nitrogens with one attached hydrogen (secondary N) is 1. The molecule has 1 aromatic rings. The van der Waals surface area contributed by atoms with Crippen LogP contribution in [0, 0.1) is 5.41 Å². The van der Waals surface area contributed by atoms with E-state index in [1.54, 1.807) is 0 Å². The van der Waals surface area contributed by atoms with E-state index in [0.29, 0.717) is 11.6 Å². The molecule has 0 aliphatic heterocycles. The van der Waals surface area contributed by atoms with Crippen LogP contribution in [0.5, 0.6) is 0 Å². The lowest BCUT2D eigenvalue weighted by atomic mass is 10.0. The monoisotopic (exact) mass is 324 g/mol. The Labute approximate surface area is 136 Å². The molecule has 0 saturated carbocycles. The molecule has 122 valence electrons. The van der Waals surface area contributed by atoms with Gasteiger partial charge in [0.15, 0.2) is 0 Å². The largest absolute Gasteiger partial charge is 0.369 e. The number of rotatable bonds is 8. The summed E-state index contributed by atoms with van der Waals surface area (Å²) in [6, 6.07) is 5.70. The van der Waals surface area contributed by atoms with Gasteiger partial charge in [-0.25, -0.2) is 5.01 Å². The molecule has 0 atom stereocenters. The second-order valence-electron chi connectivity index (χ2n) is 5.19. The van der Waals surface area contributed by atoms with E-state index in [1.165, 1.54) is 24.3 Å². The fraction of sp³-hybridized carbons (Fsp3) is 0.467. The maximum atomic E-state index is 7.56. The molecule has 7 heteroatoms. The Balaban J connectivity index is 2.87. The van der Waals surface area contributed by atoms with Crippen LogP contribution in [0.15, 0.2) is 23.3 Å². The van der Waals surface area contributed by atoms with Gasteiger partial charge in [-0.05, 0) is 36.1 Å². The lowest BCUT2D eigenvalue weighted by molar-refractivity contribution is 0.427. The van der Waals surface area contributed by atoms with Gasteiger partial charge in [-0.1, -0.05) is 43.9 Å². The minimum atomic E-state index is -0.208. The molecule has 0 spiro atoms. The van der Waals surface area contributed by atoms with E-state index in [0.717, 1.165) is 24.0 Å². The van der Waals surface area contributed by atoms with Gasteiger partial charge in [-0.15, -0.1) is 5.10 Å². The summed E-state index contributed by atoms with van der Waals surface area (Å²) < 4.78 is 0. The topological polar surface area (TPSA) is 118 Å². The van der Waals surface area contributed by atoms with Crippen molar-refractivity contribution in [1.29, 1.82) is 5.41 Å². The number of unbranched alkanes of at least 4 members (excludes halogenated alkanes) is 3. The fourth-order valence-corrected chi connectivity index (χ4v) is 2.39. The molecule has 0 amide bonds. The van der Waals surface area contributed by atoms with Gasteiger partial charge in [0.1, 0.15) is 0 Å². The number of nitrogens with two attached hydrogens (primary N) is 3.